The molecule has 1 amide bonds. The molecule has 0 aromatic heterocycles. The number of likely N-dealkylation sites (N-methyl/N-ethyl adjacent to an activating group) is 1. The Balaban J connectivity index is 1.59. The topological polar surface area (TPSA) is 81.8 Å². The second-order valence-electron chi connectivity index (χ2n) is 7.95. The van der Waals surface area contributed by atoms with Gasteiger partial charge in [-0.3, -0.25) is 4.79 Å². The van der Waals surface area contributed by atoms with E-state index in [2.05, 4.69) is 26.9 Å². The fourth-order valence-corrected chi connectivity index (χ4v) is 5.04. The molecule has 2 aliphatic rings. The molecule has 10 heteroatoms. The summed E-state index contributed by atoms with van der Waals surface area (Å²) in [5.41, 5.74) is 1.39. The molecule has 166 valence electrons. The van der Waals surface area contributed by atoms with Crippen molar-refractivity contribution in [2.24, 2.45) is 0 Å². The molecule has 2 aromatic carbocycles. The number of piperazine rings is 1. The minimum atomic E-state index is -4.03. The number of carbonyl (C=O) groups excluding carboxylic acids is 1. The molecule has 1 saturated carbocycles. The molecular weight excluding hydrogens is 443 g/mol. The number of sulfonamides is 1. The molecule has 1 heterocycles. The third kappa shape index (κ3) is 5.17. The highest BCUT2D eigenvalue weighted by Gasteiger charge is 2.30. The van der Waals surface area contributed by atoms with Crippen LogP contribution < -0.4 is 14.9 Å². The van der Waals surface area contributed by atoms with E-state index in [0.717, 1.165) is 56.8 Å². The molecule has 0 atom stereocenters. The van der Waals surface area contributed by atoms with E-state index in [1.165, 1.54) is 6.07 Å². The van der Waals surface area contributed by atoms with Crippen LogP contribution in [-0.2, 0) is 10.0 Å². The van der Waals surface area contributed by atoms with E-state index in [9.17, 15) is 17.6 Å². The molecule has 7 nitrogen and oxygen atoms in total. The van der Waals surface area contributed by atoms with Crippen LogP contribution in [0.5, 0.6) is 0 Å². The number of rotatable bonds is 6. The van der Waals surface area contributed by atoms with Crippen LogP contribution in [0.4, 0.5) is 15.8 Å². The second kappa shape index (κ2) is 8.74. The molecule has 4 rings (SSSR count). The van der Waals surface area contributed by atoms with Gasteiger partial charge in [-0.25, -0.2) is 17.5 Å². The van der Waals surface area contributed by atoms with Crippen LogP contribution in [0.3, 0.4) is 0 Å². The second-order valence-corrected chi connectivity index (χ2v) is 10.1. The number of amides is 1. The van der Waals surface area contributed by atoms with Gasteiger partial charge in [-0.2, -0.15) is 0 Å². The lowest BCUT2D eigenvalue weighted by Gasteiger charge is -2.35. The third-order valence-electron chi connectivity index (χ3n) is 5.43. The summed E-state index contributed by atoms with van der Waals surface area (Å²) in [5.74, 6) is -1.44. The Labute approximate surface area is 186 Å². The molecule has 0 bridgehead atoms. The summed E-state index contributed by atoms with van der Waals surface area (Å²) < 4.78 is 41.6. The first-order valence-electron chi connectivity index (χ1n) is 10.1. The molecule has 1 aliphatic heterocycles. The average molecular weight is 467 g/mol. The Hall–Kier alpha value is -2.20. The van der Waals surface area contributed by atoms with Crippen LogP contribution in [0.25, 0.3) is 0 Å². The van der Waals surface area contributed by atoms with Crippen molar-refractivity contribution in [2.45, 2.75) is 23.8 Å². The number of nitrogens with zero attached hydrogens (tertiary/aromatic N) is 2. The highest BCUT2D eigenvalue weighted by Crippen LogP contribution is 2.31. The summed E-state index contributed by atoms with van der Waals surface area (Å²) in [4.78, 5) is 16.8. The van der Waals surface area contributed by atoms with Crippen molar-refractivity contribution in [2.75, 3.05) is 43.4 Å². The zero-order chi connectivity index (χ0) is 22.2. The number of hydrogen-bond donors (Lipinski definition) is 2. The van der Waals surface area contributed by atoms with Crippen LogP contribution in [0.15, 0.2) is 41.3 Å². The van der Waals surface area contributed by atoms with E-state index in [0.29, 0.717) is 10.7 Å². The summed E-state index contributed by atoms with van der Waals surface area (Å²) in [6.45, 7) is 3.38. The highest BCUT2D eigenvalue weighted by atomic mass is 35.5. The standard InChI is InChI=1S/C21H24ClFN4O3S/c1-26-8-10-27(11-9-26)19-7-3-15(22)13-18(19)24-21(28)14-2-6-17(23)20(12-14)31(29,30)25-16-4-5-16/h2-3,6-7,12-13,16,25H,4-5,8-11H2,1H3,(H,24,28). The minimum Gasteiger partial charge on any atom is -0.367 e. The van der Waals surface area contributed by atoms with Crippen molar-refractivity contribution >= 4 is 38.9 Å². The number of benzene rings is 2. The van der Waals surface area contributed by atoms with Gasteiger partial charge < -0.3 is 15.1 Å². The van der Waals surface area contributed by atoms with Gasteiger partial charge in [0.05, 0.1) is 11.4 Å². The van der Waals surface area contributed by atoms with Gasteiger partial charge in [0.2, 0.25) is 10.0 Å². The largest absolute Gasteiger partial charge is 0.367 e. The normalized spacial score (nSPS) is 17.6. The summed E-state index contributed by atoms with van der Waals surface area (Å²) in [6, 6.07) is 8.43. The van der Waals surface area contributed by atoms with Gasteiger partial charge >= 0.3 is 0 Å². The zero-order valence-electron chi connectivity index (χ0n) is 17.1. The Kier molecular flexibility index (Phi) is 6.20. The van der Waals surface area contributed by atoms with E-state index >= 15 is 0 Å². The fourth-order valence-electron chi connectivity index (χ4n) is 3.46. The molecule has 1 aliphatic carbocycles. The first-order chi connectivity index (χ1) is 14.7. The molecular formula is C21H24ClFN4O3S. The maximum absolute atomic E-state index is 14.2. The first-order valence-corrected chi connectivity index (χ1v) is 12.0. The van der Waals surface area contributed by atoms with Crippen molar-refractivity contribution in [3.05, 3.63) is 52.8 Å². The van der Waals surface area contributed by atoms with Gasteiger partial charge in [0.1, 0.15) is 10.7 Å². The van der Waals surface area contributed by atoms with Gasteiger partial charge in [-0.1, -0.05) is 11.6 Å². The molecule has 2 N–H and O–H groups in total. The average Bonchev–Trinajstić information content (AvgIpc) is 3.52. The summed E-state index contributed by atoms with van der Waals surface area (Å²) in [7, 11) is -1.98. The van der Waals surface area contributed by atoms with Crippen LogP contribution in [0, 0.1) is 5.82 Å². The van der Waals surface area contributed by atoms with Gasteiger partial charge in [-0.05, 0) is 56.3 Å². The van der Waals surface area contributed by atoms with Crippen LogP contribution in [-0.4, -0.2) is 58.5 Å². The number of hydrogen-bond acceptors (Lipinski definition) is 5. The predicted molar refractivity (Wildman–Crippen MR) is 119 cm³/mol. The number of carbonyl (C=O) groups is 1. The van der Waals surface area contributed by atoms with Gasteiger partial charge in [0.25, 0.3) is 5.91 Å². The lowest BCUT2D eigenvalue weighted by Crippen LogP contribution is -2.44. The molecule has 0 radical (unpaired) electrons. The van der Waals surface area contributed by atoms with Crippen molar-refractivity contribution in [3.63, 3.8) is 0 Å². The highest BCUT2D eigenvalue weighted by molar-refractivity contribution is 7.89. The van der Waals surface area contributed by atoms with Crippen molar-refractivity contribution < 1.29 is 17.6 Å². The molecule has 0 spiro atoms. The zero-order valence-corrected chi connectivity index (χ0v) is 18.6. The van der Waals surface area contributed by atoms with E-state index in [1.54, 1.807) is 12.1 Å². The maximum atomic E-state index is 14.2. The van der Waals surface area contributed by atoms with Crippen molar-refractivity contribution in [1.29, 1.82) is 0 Å². The summed E-state index contributed by atoms with van der Waals surface area (Å²) in [6.07, 6.45) is 1.45. The molecule has 2 aromatic rings. The molecule has 1 saturated heterocycles. The van der Waals surface area contributed by atoms with Crippen LogP contribution in [0.1, 0.15) is 23.2 Å². The smallest absolute Gasteiger partial charge is 0.255 e. The summed E-state index contributed by atoms with van der Waals surface area (Å²) >= 11 is 6.15. The predicted octanol–water partition coefficient (Wildman–Crippen LogP) is 2.92. The monoisotopic (exact) mass is 466 g/mol. The Morgan fingerprint density at radius 3 is 2.48 bits per heavy atom. The quantitative estimate of drug-likeness (QED) is 0.684. The fraction of sp³-hybridized carbons (Fsp3) is 0.381. The van der Waals surface area contributed by atoms with E-state index in [1.807, 2.05) is 6.07 Å². The third-order valence-corrected chi connectivity index (χ3v) is 7.20. The molecule has 2 fully saturated rings. The SMILES string of the molecule is CN1CCN(c2ccc(Cl)cc2NC(=O)c2ccc(F)c(S(=O)(=O)NC3CC3)c2)CC1. The van der Waals surface area contributed by atoms with E-state index < -0.39 is 26.6 Å². The number of nitrogens with one attached hydrogen (secondary N) is 2. The van der Waals surface area contributed by atoms with Crippen LogP contribution >= 0.6 is 11.6 Å². The lowest BCUT2D eigenvalue weighted by atomic mass is 10.1. The Bertz CT molecular complexity index is 1100. The van der Waals surface area contributed by atoms with Gasteiger partial charge in [0.15, 0.2) is 0 Å². The van der Waals surface area contributed by atoms with E-state index in [4.69, 9.17) is 11.6 Å². The summed E-state index contributed by atoms with van der Waals surface area (Å²) in [5, 5.41) is 3.27. The van der Waals surface area contributed by atoms with Crippen molar-refractivity contribution in [3.8, 4) is 0 Å². The minimum absolute atomic E-state index is 0.0434. The van der Waals surface area contributed by atoms with Crippen molar-refractivity contribution in [1.82, 2.24) is 9.62 Å². The van der Waals surface area contributed by atoms with Gasteiger partial charge in [-0.15, -0.1) is 0 Å². The Morgan fingerprint density at radius 2 is 1.81 bits per heavy atom. The lowest BCUT2D eigenvalue weighted by molar-refractivity contribution is 0.102. The maximum Gasteiger partial charge on any atom is 0.255 e. The first kappa shape index (κ1) is 22.0. The number of halogens is 2. The van der Waals surface area contributed by atoms with Crippen LogP contribution in [0.2, 0.25) is 5.02 Å². The molecule has 0 unspecified atom stereocenters. The number of anilines is 2. The van der Waals surface area contributed by atoms with Gasteiger partial charge in [0, 0.05) is 42.8 Å². The Morgan fingerprint density at radius 1 is 1.10 bits per heavy atom. The van der Waals surface area contributed by atoms with E-state index in [-0.39, 0.29) is 11.6 Å². The molecule has 31 heavy (non-hydrogen) atoms.